The molecule has 0 spiro atoms. The third kappa shape index (κ3) is 7.26. The fourth-order valence-corrected chi connectivity index (χ4v) is 3.16. The van der Waals surface area contributed by atoms with Crippen molar-refractivity contribution in [1.82, 2.24) is 15.1 Å². The lowest BCUT2D eigenvalue weighted by atomic mass is 10.2. The van der Waals surface area contributed by atoms with E-state index in [0.717, 1.165) is 13.1 Å². The van der Waals surface area contributed by atoms with Crippen LogP contribution in [0.4, 0.5) is 9.18 Å². The maximum atomic E-state index is 12.9. The van der Waals surface area contributed by atoms with E-state index in [9.17, 15) is 14.0 Å². The summed E-state index contributed by atoms with van der Waals surface area (Å²) in [5.41, 5.74) is -0.503. The molecule has 0 radical (unpaired) electrons. The van der Waals surface area contributed by atoms with Gasteiger partial charge in [0.05, 0.1) is 0 Å². The summed E-state index contributed by atoms with van der Waals surface area (Å²) in [6.07, 6.45) is -0.289. The van der Waals surface area contributed by atoms with Crippen LogP contribution < -0.4 is 10.1 Å². The van der Waals surface area contributed by atoms with Crippen molar-refractivity contribution in [2.24, 2.45) is 0 Å². The number of furan rings is 1. The first-order chi connectivity index (χ1) is 15.2. The van der Waals surface area contributed by atoms with Gasteiger partial charge in [0.2, 0.25) is 0 Å². The van der Waals surface area contributed by atoms with Crippen molar-refractivity contribution in [1.29, 1.82) is 0 Å². The summed E-state index contributed by atoms with van der Waals surface area (Å²) in [4.78, 5) is 28.3. The maximum Gasteiger partial charge on any atom is 0.410 e. The Labute approximate surface area is 187 Å². The van der Waals surface area contributed by atoms with Gasteiger partial charge in [-0.1, -0.05) is 0 Å². The fourth-order valence-electron chi connectivity index (χ4n) is 3.16. The highest BCUT2D eigenvalue weighted by Crippen LogP contribution is 2.15. The van der Waals surface area contributed by atoms with Crippen LogP contribution in [0.2, 0.25) is 0 Å². The first-order valence-corrected chi connectivity index (χ1v) is 10.7. The average Bonchev–Trinajstić information content (AvgIpc) is 3.22. The largest absolute Gasteiger partial charge is 0.486 e. The lowest BCUT2D eigenvalue weighted by Gasteiger charge is -2.35. The predicted octanol–water partition coefficient (Wildman–Crippen LogP) is 3.28. The number of rotatable bonds is 7. The van der Waals surface area contributed by atoms with Gasteiger partial charge in [-0.05, 0) is 57.2 Å². The van der Waals surface area contributed by atoms with Gasteiger partial charge < -0.3 is 24.1 Å². The van der Waals surface area contributed by atoms with Crippen LogP contribution in [0.15, 0.2) is 40.8 Å². The predicted molar refractivity (Wildman–Crippen MR) is 116 cm³/mol. The molecule has 3 rings (SSSR count). The van der Waals surface area contributed by atoms with E-state index < -0.39 is 5.60 Å². The van der Waals surface area contributed by atoms with Gasteiger partial charge in [0.15, 0.2) is 5.76 Å². The van der Waals surface area contributed by atoms with E-state index >= 15 is 0 Å². The Bertz CT molecular complexity index is 899. The van der Waals surface area contributed by atoms with Gasteiger partial charge in [-0.15, -0.1) is 0 Å². The number of piperazine rings is 1. The van der Waals surface area contributed by atoms with Crippen LogP contribution in [0.1, 0.15) is 37.1 Å². The van der Waals surface area contributed by atoms with Crippen LogP contribution in [-0.4, -0.2) is 66.7 Å². The van der Waals surface area contributed by atoms with E-state index in [2.05, 4.69) is 10.2 Å². The second-order valence-corrected chi connectivity index (χ2v) is 8.57. The summed E-state index contributed by atoms with van der Waals surface area (Å²) in [6, 6.07) is 8.95. The minimum absolute atomic E-state index is 0.140. The first kappa shape index (κ1) is 23.6. The SMILES string of the molecule is CC(C)(C)OC(=O)N1CCN(CCNC(=O)c2ccc(COc3ccc(F)cc3)o2)CC1. The molecular formula is C23H30FN3O5. The Morgan fingerprint density at radius 1 is 1.06 bits per heavy atom. The summed E-state index contributed by atoms with van der Waals surface area (Å²) in [5.74, 6) is 0.584. The number of nitrogens with zero attached hydrogens (tertiary/aromatic N) is 2. The van der Waals surface area contributed by atoms with E-state index in [0.29, 0.717) is 37.7 Å². The van der Waals surface area contributed by atoms with Gasteiger partial charge in [-0.25, -0.2) is 9.18 Å². The molecule has 174 valence electrons. The number of halogens is 1. The van der Waals surface area contributed by atoms with Crippen molar-refractivity contribution in [3.63, 3.8) is 0 Å². The first-order valence-electron chi connectivity index (χ1n) is 10.7. The molecule has 1 aliphatic heterocycles. The van der Waals surface area contributed by atoms with Crippen LogP contribution >= 0.6 is 0 Å². The second kappa shape index (κ2) is 10.5. The van der Waals surface area contributed by atoms with Gasteiger partial charge >= 0.3 is 6.09 Å². The minimum atomic E-state index is -0.503. The molecule has 2 amide bonds. The Hall–Kier alpha value is -3.07. The molecule has 0 aliphatic carbocycles. The van der Waals surface area contributed by atoms with E-state index in [4.69, 9.17) is 13.9 Å². The lowest BCUT2D eigenvalue weighted by Crippen LogP contribution is -2.51. The van der Waals surface area contributed by atoms with Crippen LogP contribution in [-0.2, 0) is 11.3 Å². The molecule has 0 bridgehead atoms. The number of nitrogens with one attached hydrogen (secondary N) is 1. The van der Waals surface area contributed by atoms with Crippen LogP contribution in [0, 0.1) is 5.82 Å². The number of carbonyl (C=O) groups excluding carboxylic acids is 2. The summed E-state index contributed by atoms with van der Waals surface area (Å²) < 4.78 is 29.4. The zero-order chi connectivity index (χ0) is 23.1. The van der Waals surface area contributed by atoms with Crippen LogP contribution in [0.3, 0.4) is 0 Å². The number of amides is 2. The van der Waals surface area contributed by atoms with Crippen molar-refractivity contribution in [2.45, 2.75) is 33.0 Å². The van der Waals surface area contributed by atoms with Gasteiger partial charge in [0, 0.05) is 39.3 Å². The number of hydrogen-bond acceptors (Lipinski definition) is 6. The van der Waals surface area contributed by atoms with Gasteiger partial charge in [0.1, 0.15) is 29.5 Å². The molecule has 1 N–H and O–H groups in total. The monoisotopic (exact) mass is 447 g/mol. The zero-order valence-corrected chi connectivity index (χ0v) is 18.7. The number of benzene rings is 1. The van der Waals surface area contributed by atoms with E-state index in [1.165, 1.54) is 24.3 Å². The van der Waals surface area contributed by atoms with Crippen molar-refractivity contribution in [3.8, 4) is 5.75 Å². The molecule has 2 heterocycles. The van der Waals surface area contributed by atoms with E-state index in [1.54, 1.807) is 17.0 Å². The molecule has 0 unspecified atom stereocenters. The normalized spacial score (nSPS) is 14.8. The van der Waals surface area contributed by atoms with Gasteiger partial charge in [-0.2, -0.15) is 0 Å². The van der Waals surface area contributed by atoms with Crippen molar-refractivity contribution >= 4 is 12.0 Å². The highest BCUT2D eigenvalue weighted by Gasteiger charge is 2.25. The van der Waals surface area contributed by atoms with Crippen LogP contribution in [0.25, 0.3) is 0 Å². The van der Waals surface area contributed by atoms with Crippen LogP contribution in [0.5, 0.6) is 5.75 Å². The molecule has 32 heavy (non-hydrogen) atoms. The van der Waals surface area contributed by atoms with Crippen molar-refractivity contribution in [2.75, 3.05) is 39.3 Å². The summed E-state index contributed by atoms with van der Waals surface area (Å²) in [7, 11) is 0. The number of hydrogen-bond donors (Lipinski definition) is 1. The molecule has 1 fully saturated rings. The molecule has 0 atom stereocenters. The molecule has 1 aromatic heterocycles. The Morgan fingerprint density at radius 3 is 2.41 bits per heavy atom. The number of carbonyl (C=O) groups is 2. The summed E-state index contributed by atoms with van der Waals surface area (Å²) >= 11 is 0. The van der Waals surface area contributed by atoms with Crippen molar-refractivity contribution < 1.29 is 27.9 Å². The molecule has 0 saturated carbocycles. The maximum absolute atomic E-state index is 12.9. The summed E-state index contributed by atoms with van der Waals surface area (Å²) in [5, 5.41) is 2.84. The molecule has 8 nitrogen and oxygen atoms in total. The highest BCUT2D eigenvalue weighted by molar-refractivity contribution is 5.91. The lowest BCUT2D eigenvalue weighted by molar-refractivity contribution is 0.0147. The molecule has 2 aromatic rings. The van der Waals surface area contributed by atoms with E-state index in [1.807, 2.05) is 20.8 Å². The Morgan fingerprint density at radius 2 is 1.75 bits per heavy atom. The number of ether oxygens (including phenoxy) is 2. The topological polar surface area (TPSA) is 84.2 Å². The summed E-state index contributed by atoms with van der Waals surface area (Å²) in [6.45, 7) is 9.47. The Kier molecular flexibility index (Phi) is 7.74. The molecule has 1 saturated heterocycles. The van der Waals surface area contributed by atoms with Gasteiger partial charge in [0.25, 0.3) is 5.91 Å². The van der Waals surface area contributed by atoms with E-state index in [-0.39, 0.29) is 30.2 Å². The quantitative estimate of drug-likeness (QED) is 0.701. The Balaban J connectivity index is 1.35. The second-order valence-electron chi connectivity index (χ2n) is 8.57. The van der Waals surface area contributed by atoms with Gasteiger partial charge in [-0.3, -0.25) is 9.69 Å². The smallest absolute Gasteiger partial charge is 0.410 e. The third-order valence-corrected chi connectivity index (χ3v) is 4.82. The molecule has 1 aromatic carbocycles. The molecular weight excluding hydrogens is 417 g/mol. The zero-order valence-electron chi connectivity index (χ0n) is 18.7. The van der Waals surface area contributed by atoms with Crippen molar-refractivity contribution in [3.05, 3.63) is 53.7 Å². The minimum Gasteiger partial charge on any atom is -0.486 e. The third-order valence-electron chi connectivity index (χ3n) is 4.82. The molecule has 1 aliphatic rings. The standard InChI is InChI=1S/C23H30FN3O5/c1-23(2,3)32-22(29)27-14-12-26(13-15-27)11-10-25-21(28)20-9-8-19(31-20)16-30-18-6-4-17(24)5-7-18/h4-9H,10-16H2,1-3H3,(H,25,28). The average molecular weight is 448 g/mol. The highest BCUT2D eigenvalue weighted by atomic mass is 19.1. The fraction of sp³-hybridized carbons (Fsp3) is 0.478. The molecule has 9 heteroatoms.